The number of nitrogens with two attached hydrogens (primary N) is 1. The first-order chi connectivity index (χ1) is 8.67. The summed E-state index contributed by atoms with van der Waals surface area (Å²) >= 11 is 0. The highest BCUT2D eigenvalue weighted by atomic mass is 19.1. The molecule has 0 radical (unpaired) electrons. The van der Waals surface area contributed by atoms with Crippen LogP contribution in [0.3, 0.4) is 0 Å². The molecule has 18 heavy (non-hydrogen) atoms. The van der Waals surface area contributed by atoms with Crippen molar-refractivity contribution < 1.29 is 8.78 Å². The van der Waals surface area contributed by atoms with E-state index >= 15 is 0 Å². The summed E-state index contributed by atoms with van der Waals surface area (Å²) in [4.78, 5) is 4.52. The lowest BCUT2D eigenvalue weighted by atomic mass is 10.2. The maximum absolute atomic E-state index is 13.1. The third-order valence-corrected chi connectivity index (χ3v) is 3.24. The Hall–Kier alpha value is -1.04. The van der Waals surface area contributed by atoms with E-state index in [0.29, 0.717) is 18.7 Å². The summed E-state index contributed by atoms with van der Waals surface area (Å²) in [6.07, 6.45) is 0. The molecule has 2 N–H and O–H groups in total. The molecule has 5 heteroatoms. The van der Waals surface area contributed by atoms with E-state index in [-0.39, 0.29) is 0 Å². The van der Waals surface area contributed by atoms with E-state index in [1.807, 2.05) is 0 Å². The second-order valence-corrected chi connectivity index (χ2v) is 4.68. The quantitative estimate of drug-likeness (QED) is 0.872. The van der Waals surface area contributed by atoms with Crippen LogP contribution in [-0.2, 0) is 6.54 Å². The largest absolute Gasteiger partial charge is 0.329 e. The van der Waals surface area contributed by atoms with Gasteiger partial charge in [-0.25, -0.2) is 8.78 Å². The Morgan fingerprint density at radius 1 is 0.944 bits per heavy atom. The number of halogens is 2. The lowest BCUT2D eigenvalue weighted by Gasteiger charge is -2.34. The Bertz CT molecular complexity index is 370. The molecule has 0 unspecified atom stereocenters. The topological polar surface area (TPSA) is 32.5 Å². The Labute approximate surface area is 106 Å². The zero-order valence-corrected chi connectivity index (χ0v) is 10.4. The van der Waals surface area contributed by atoms with Crippen LogP contribution in [0.5, 0.6) is 0 Å². The van der Waals surface area contributed by atoms with Crippen molar-refractivity contribution in [2.24, 2.45) is 5.73 Å². The van der Waals surface area contributed by atoms with Crippen molar-refractivity contribution in [3.05, 3.63) is 35.4 Å². The van der Waals surface area contributed by atoms with Crippen LogP contribution in [0.25, 0.3) is 0 Å². The van der Waals surface area contributed by atoms with E-state index in [1.165, 1.54) is 12.1 Å². The Kier molecular flexibility index (Phi) is 4.63. The number of hydrogen-bond donors (Lipinski definition) is 1. The minimum Gasteiger partial charge on any atom is -0.329 e. The van der Waals surface area contributed by atoms with Crippen LogP contribution in [0.15, 0.2) is 18.2 Å². The molecule has 0 aliphatic carbocycles. The molecule has 1 aliphatic heterocycles. The van der Waals surface area contributed by atoms with Gasteiger partial charge in [-0.15, -0.1) is 0 Å². The zero-order chi connectivity index (χ0) is 13.0. The molecule has 1 aliphatic rings. The van der Waals surface area contributed by atoms with Gasteiger partial charge in [-0.3, -0.25) is 9.80 Å². The van der Waals surface area contributed by atoms with E-state index in [1.54, 1.807) is 0 Å². The lowest BCUT2D eigenvalue weighted by molar-refractivity contribution is 0.129. The van der Waals surface area contributed by atoms with Gasteiger partial charge in [0.2, 0.25) is 0 Å². The van der Waals surface area contributed by atoms with Crippen molar-refractivity contribution >= 4 is 0 Å². The molecule has 0 atom stereocenters. The van der Waals surface area contributed by atoms with Crippen molar-refractivity contribution in [2.75, 3.05) is 39.3 Å². The van der Waals surface area contributed by atoms with Gasteiger partial charge in [-0.1, -0.05) is 0 Å². The van der Waals surface area contributed by atoms with Crippen LogP contribution < -0.4 is 5.73 Å². The first-order valence-electron chi connectivity index (χ1n) is 6.27. The van der Waals surface area contributed by atoms with E-state index in [2.05, 4.69) is 9.80 Å². The average molecular weight is 255 g/mol. The van der Waals surface area contributed by atoms with Gasteiger partial charge >= 0.3 is 0 Å². The minimum absolute atomic E-state index is 0.508. The summed E-state index contributed by atoms with van der Waals surface area (Å²) in [6.45, 7) is 5.96. The van der Waals surface area contributed by atoms with Gasteiger partial charge in [-0.2, -0.15) is 0 Å². The summed E-state index contributed by atoms with van der Waals surface area (Å²) in [5.74, 6) is -1.02. The SMILES string of the molecule is NCCN1CCN(Cc2cc(F)cc(F)c2)CC1. The van der Waals surface area contributed by atoms with E-state index in [4.69, 9.17) is 5.73 Å². The van der Waals surface area contributed by atoms with Crippen LogP contribution in [-0.4, -0.2) is 49.1 Å². The second kappa shape index (κ2) is 6.22. The van der Waals surface area contributed by atoms with Gasteiger partial charge in [-0.05, 0) is 17.7 Å². The van der Waals surface area contributed by atoms with Gasteiger partial charge in [0, 0.05) is 51.9 Å². The molecule has 1 heterocycles. The minimum atomic E-state index is -0.508. The summed E-state index contributed by atoms with van der Waals surface area (Å²) < 4.78 is 26.1. The lowest BCUT2D eigenvalue weighted by Crippen LogP contribution is -2.47. The fourth-order valence-corrected chi connectivity index (χ4v) is 2.31. The summed E-state index contributed by atoms with van der Waals surface area (Å²) in [6, 6.07) is 3.70. The Balaban J connectivity index is 1.87. The van der Waals surface area contributed by atoms with Crippen LogP contribution in [0, 0.1) is 11.6 Å². The Morgan fingerprint density at radius 3 is 2.06 bits per heavy atom. The smallest absolute Gasteiger partial charge is 0.126 e. The van der Waals surface area contributed by atoms with Gasteiger partial charge in [0.1, 0.15) is 11.6 Å². The van der Waals surface area contributed by atoms with Gasteiger partial charge < -0.3 is 5.73 Å². The van der Waals surface area contributed by atoms with Crippen molar-refractivity contribution in [3.63, 3.8) is 0 Å². The molecule has 0 bridgehead atoms. The van der Waals surface area contributed by atoms with Crippen molar-refractivity contribution in [3.8, 4) is 0 Å². The molecule has 0 saturated carbocycles. The molecule has 1 aromatic rings. The van der Waals surface area contributed by atoms with Crippen molar-refractivity contribution in [1.29, 1.82) is 0 Å². The first-order valence-corrected chi connectivity index (χ1v) is 6.27. The molecule has 0 aromatic heterocycles. The van der Waals surface area contributed by atoms with E-state index in [0.717, 1.165) is 38.8 Å². The highest BCUT2D eigenvalue weighted by Crippen LogP contribution is 2.12. The molecule has 1 saturated heterocycles. The highest BCUT2D eigenvalue weighted by Gasteiger charge is 2.16. The van der Waals surface area contributed by atoms with Crippen LogP contribution >= 0.6 is 0 Å². The van der Waals surface area contributed by atoms with E-state index < -0.39 is 11.6 Å². The van der Waals surface area contributed by atoms with Crippen LogP contribution in [0.4, 0.5) is 8.78 Å². The number of benzene rings is 1. The molecule has 100 valence electrons. The molecule has 1 aromatic carbocycles. The molecule has 0 amide bonds. The number of rotatable bonds is 4. The highest BCUT2D eigenvalue weighted by molar-refractivity contribution is 5.17. The third-order valence-electron chi connectivity index (χ3n) is 3.24. The van der Waals surface area contributed by atoms with Crippen molar-refractivity contribution in [1.82, 2.24) is 9.80 Å². The average Bonchev–Trinajstić information content (AvgIpc) is 2.31. The first kappa shape index (κ1) is 13.4. The molecule has 0 spiro atoms. The monoisotopic (exact) mass is 255 g/mol. The molecular weight excluding hydrogens is 236 g/mol. The Morgan fingerprint density at radius 2 is 1.50 bits per heavy atom. The molecule has 1 fully saturated rings. The normalized spacial score (nSPS) is 18.2. The van der Waals surface area contributed by atoms with Crippen LogP contribution in [0.1, 0.15) is 5.56 Å². The third kappa shape index (κ3) is 3.73. The van der Waals surface area contributed by atoms with Gasteiger partial charge in [0.05, 0.1) is 0 Å². The maximum Gasteiger partial charge on any atom is 0.126 e. The molecule has 2 rings (SSSR count). The van der Waals surface area contributed by atoms with Crippen LogP contribution in [0.2, 0.25) is 0 Å². The molecule has 3 nitrogen and oxygen atoms in total. The number of piperazine rings is 1. The van der Waals surface area contributed by atoms with Gasteiger partial charge in [0.25, 0.3) is 0 Å². The fourth-order valence-electron chi connectivity index (χ4n) is 2.31. The van der Waals surface area contributed by atoms with Gasteiger partial charge in [0.15, 0.2) is 0 Å². The molecular formula is C13H19F2N3. The predicted octanol–water partition coefficient (Wildman–Crippen LogP) is 1.04. The zero-order valence-electron chi connectivity index (χ0n) is 10.4. The number of nitrogens with zero attached hydrogens (tertiary/aromatic N) is 2. The van der Waals surface area contributed by atoms with Crippen molar-refractivity contribution in [2.45, 2.75) is 6.54 Å². The predicted molar refractivity (Wildman–Crippen MR) is 67.1 cm³/mol. The fraction of sp³-hybridized carbons (Fsp3) is 0.538. The van der Waals surface area contributed by atoms with E-state index in [9.17, 15) is 8.78 Å². The summed E-state index contributed by atoms with van der Waals surface area (Å²) in [5, 5.41) is 0. The maximum atomic E-state index is 13.1. The standard InChI is InChI=1S/C13H19F2N3/c14-12-7-11(8-13(15)9-12)10-18-5-3-17(2-1-16)4-6-18/h7-9H,1-6,10,16H2. The summed E-state index contributed by atoms with van der Waals surface area (Å²) in [7, 11) is 0. The summed E-state index contributed by atoms with van der Waals surface area (Å²) in [5.41, 5.74) is 6.21. The number of hydrogen-bond acceptors (Lipinski definition) is 3. The second-order valence-electron chi connectivity index (χ2n) is 4.68.